The SMILES string of the molecule is C=C(C)c1cccc(C(C)(C)NC(=O)NC(CC(=O)CC)C(=O)O)c1. The molecule has 0 fully saturated rings. The lowest BCUT2D eigenvalue weighted by Crippen LogP contribution is -2.52. The quantitative estimate of drug-likeness (QED) is 0.674. The molecule has 0 bridgehead atoms. The molecule has 1 atom stereocenters. The molecule has 25 heavy (non-hydrogen) atoms. The van der Waals surface area contributed by atoms with Crippen molar-refractivity contribution in [3.05, 3.63) is 42.0 Å². The van der Waals surface area contributed by atoms with Crippen LogP contribution in [0.4, 0.5) is 4.79 Å². The number of allylic oxidation sites excluding steroid dienone is 1. The average Bonchev–Trinajstić information content (AvgIpc) is 2.53. The zero-order chi connectivity index (χ0) is 19.2. The topological polar surface area (TPSA) is 95.5 Å². The fourth-order valence-corrected chi connectivity index (χ4v) is 2.30. The number of hydrogen-bond donors (Lipinski definition) is 3. The summed E-state index contributed by atoms with van der Waals surface area (Å²) >= 11 is 0. The van der Waals surface area contributed by atoms with Crippen LogP contribution < -0.4 is 10.6 Å². The van der Waals surface area contributed by atoms with Gasteiger partial charge in [-0.1, -0.05) is 37.3 Å². The molecule has 0 spiro atoms. The molecule has 0 aromatic heterocycles. The molecule has 1 aromatic rings. The van der Waals surface area contributed by atoms with Crippen LogP contribution in [-0.4, -0.2) is 28.9 Å². The van der Waals surface area contributed by atoms with Crippen molar-refractivity contribution in [3.63, 3.8) is 0 Å². The van der Waals surface area contributed by atoms with E-state index in [0.717, 1.165) is 16.7 Å². The van der Waals surface area contributed by atoms with E-state index in [1.54, 1.807) is 6.92 Å². The normalized spacial score (nSPS) is 12.2. The van der Waals surface area contributed by atoms with Crippen molar-refractivity contribution in [1.82, 2.24) is 10.6 Å². The van der Waals surface area contributed by atoms with E-state index in [4.69, 9.17) is 0 Å². The van der Waals surface area contributed by atoms with Crippen molar-refractivity contribution >= 4 is 23.4 Å². The Morgan fingerprint density at radius 1 is 1.28 bits per heavy atom. The van der Waals surface area contributed by atoms with E-state index in [1.807, 2.05) is 45.0 Å². The molecule has 0 saturated heterocycles. The molecule has 1 unspecified atom stereocenters. The zero-order valence-corrected chi connectivity index (χ0v) is 15.2. The first-order valence-corrected chi connectivity index (χ1v) is 8.16. The van der Waals surface area contributed by atoms with Crippen LogP contribution >= 0.6 is 0 Å². The van der Waals surface area contributed by atoms with Gasteiger partial charge in [0, 0.05) is 12.8 Å². The van der Waals surface area contributed by atoms with E-state index in [2.05, 4.69) is 17.2 Å². The van der Waals surface area contributed by atoms with Gasteiger partial charge in [0.15, 0.2) is 0 Å². The third-order valence-corrected chi connectivity index (χ3v) is 3.93. The van der Waals surface area contributed by atoms with Crippen LogP contribution in [0.25, 0.3) is 5.57 Å². The number of rotatable bonds is 8. The molecule has 136 valence electrons. The van der Waals surface area contributed by atoms with E-state index in [1.165, 1.54) is 0 Å². The van der Waals surface area contributed by atoms with E-state index in [0.29, 0.717) is 0 Å². The lowest BCUT2D eigenvalue weighted by molar-refractivity contribution is -0.141. The van der Waals surface area contributed by atoms with Crippen LogP contribution in [0.5, 0.6) is 0 Å². The maximum absolute atomic E-state index is 12.2. The summed E-state index contributed by atoms with van der Waals surface area (Å²) in [6.07, 6.45) is -0.00288. The van der Waals surface area contributed by atoms with E-state index in [9.17, 15) is 19.5 Å². The number of amides is 2. The highest BCUT2D eigenvalue weighted by Crippen LogP contribution is 2.23. The zero-order valence-electron chi connectivity index (χ0n) is 15.2. The van der Waals surface area contributed by atoms with Crippen LogP contribution in [-0.2, 0) is 15.1 Å². The highest BCUT2D eigenvalue weighted by Gasteiger charge is 2.27. The van der Waals surface area contributed by atoms with Crippen LogP contribution in [0, 0.1) is 0 Å². The van der Waals surface area contributed by atoms with Gasteiger partial charge in [-0.3, -0.25) is 4.79 Å². The fourth-order valence-electron chi connectivity index (χ4n) is 2.30. The smallest absolute Gasteiger partial charge is 0.326 e. The van der Waals surface area contributed by atoms with Gasteiger partial charge in [-0.2, -0.15) is 0 Å². The molecular weight excluding hydrogens is 320 g/mol. The van der Waals surface area contributed by atoms with E-state index in [-0.39, 0.29) is 18.6 Å². The van der Waals surface area contributed by atoms with Gasteiger partial charge in [0.2, 0.25) is 0 Å². The largest absolute Gasteiger partial charge is 0.480 e. The second-order valence-electron chi connectivity index (χ2n) is 6.57. The minimum Gasteiger partial charge on any atom is -0.480 e. The Kier molecular flexibility index (Phi) is 6.91. The molecule has 0 aliphatic carbocycles. The van der Waals surface area contributed by atoms with Gasteiger partial charge in [0.05, 0.1) is 5.54 Å². The molecule has 0 aliphatic heterocycles. The number of carboxylic acids is 1. The molecular formula is C19H26N2O4. The number of carbonyl (C=O) groups is 3. The van der Waals surface area contributed by atoms with Crippen molar-refractivity contribution in [2.45, 2.75) is 52.1 Å². The average molecular weight is 346 g/mol. The number of ketones is 1. The minimum absolute atomic E-state index is 0.221. The Morgan fingerprint density at radius 2 is 1.92 bits per heavy atom. The Bertz CT molecular complexity index is 680. The van der Waals surface area contributed by atoms with Gasteiger partial charge < -0.3 is 15.7 Å². The number of urea groups is 1. The van der Waals surface area contributed by atoms with Crippen molar-refractivity contribution in [2.75, 3.05) is 0 Å². The van der Waals surface area contributed by atoms with Crippen molar-refractivity contribution in [1.29, 1.82) is 0 Å². The standard InChI is InChI=1S/C19H26N2O4/c1-6-15(22)11-16(17(23)24)20-18(25)21-19(4,5)14-9-7-8-13(10-14)12(2)3/h7-10,16H,2,6,11H2,1,3-5H3,(H,23,24)(H2,20,21,25). The fraction of sp³-hybridized carbons (Fsp3) is 0.421. The first-order chi connectivity index (χ1) is 11.6. The summed E-state index contributed by atoms with van der Waals surface area (Å²) in [6.45, 7) is 11.1. The van der Waals surface area contributed by atoms with Crippen LogP contribution in [0.2, 0.25) is 0 Å². The van der Waals surface area contributed by atoms with Crippen LogP contribution in [0.3, 0.4) is 0 Å². The van der Waals surface area contributed by atoms with Gasteiger partial charge in [0.25, 0.3) is 0 Å². The Hall–Kier alpha value is -2.63. The first-order valence-electron chi connectivity index (χ1n) is 8.16. The maximum Gasteiger partial charge on any atom is 0.326 e. The lowest BCUT2D eigenvalue weighted by Gasteiger charge is -2.28. The third kappa shape index (κ3) is 6.06. The number of carbonyl (C=O) groups excluding carboxylic acids is 2. The Morgan fingerprint density at radius 3 is 2.44 bits per heavy atom. The molecule has 0 heterocycles. The summed E-state index contributed by atoms with van der Waals surface area (Å²) in [5.41, 5.74) is 2.00. The van der Waals surface area contributed by atoms with Gasteiger partial charge in [0.1, 0.15) is 11.8 Å². The number of Topliss-reactive ketones (excluding diaryl/α,β-unsaturated/α-hetero) is 1. The lowest BCUT2D eigenvalue weighted by atomic mass is 9.92. The van der Waals surface area contributed by atoms with Crippen LogP contribution in [0.1, 0.15) is 51.7 Å². The van der Waals surface area contributed by atoms with Gasteiger partial charge in [-0.15, -0.1) is 0 Å². The first kappa shape index (κ1) is 20.4. The molecule has 2 amide bonds. The predicted octanol–water partition coefficient (Wildman–Crippen LogP) is 3.08. The third-order valence-electron chi connectivity index (χ3n) is 3.93. The van der Waals surface area contributed by atoms with Gasteiger partial charge >= 0.3 is 12.0 Å². The second kappa shape index (κ2) is 8.46. The van der Waals surface area contributed by atoms with Crippen molar-refractivity contribution < 1.29 is 19.5 Å². The summed E-state index contributed by atoms with van der Waals surface area (Å²) in [7, 11) is 0. The second-order valence-corrected chi connectivity index (χ2v) is 6.57. The van der Waals surface area contributed by atoms with E-state index >= 15 is 0 Å². The number of nitrogens with one attached hydrogen (secondary N) is 2. The predicted molar refractivity (Wildman–Crippen MR) is 97.2 cm³/mol. The molecule has 0 aliphatic rings. The number of hydrogen-bond acceptors (Lipinski definition) is 3. The molecule has 3 N–H and O–H groups in total. The van der Waals surface area contributed by atoms with Crippen molar-refractivity contribution in [3.8, 4) is 0 Å². The molecule has 0 saturated carbocycles. The molecule has 1 rings (SSSR count). The highest BCUT2D eigenvalue weighted by molar-refractivity contribution is 5.89. The summed E-state index contributed by atoms with van der Waals surface area (Å²) in [5, 5.41) is 14.3. The van der Waals surface area contributed by atoms with E-state index < -0.39 is 23.6 Å². The highest BCUT2D eigenvalue weighted by atomic mass is 16.4. The summed E-state index contributed by atoms with van der Waals surface area (Å²) < 4.78 is 0. The maximum atomic E-state index is 12.2. The number of carboxylic acid groups (broad SMARTS) is 1. The minimum atomic E-state index is -1.25. The van der Waals surface area contributed by atoms with Crippen LogP contribution in [0.15, 0.2) is 30.8 Å². The monoisotopic (exact) mass is 346 g/mol. The summed E-state index contributed by atoms with van der Waals surface area (Å²) in [5.74, 6) is -1.46. The molecule has 6 nitrogen and oxygen atoms in total. The van der Waals surface area contributed by atoms with Gasteiger partial charge in [-0.05, 0) is 38.0 Å². The summed E-state index contributed by atoms with van der Waals surface area (Å²) in [6, 6.07) is 5.73. The number of aliphatic carboxylic acids is 1. The summed E-state index contributed by atoms with van der Waals surface area (Å²) in [4.78, 5) is 34.9. The molecule has 6 heteroatoms. The Balaban J connectivity index is 2.86. The molecule has 0 radical (unpaired) electrons. The molecule has 1 aromatic carbocycles. The van der Waals surface area contributed by atoms with Crippen molar-refractivity contribution in [2.24, 2.45) is 0 Å². The Labute approximate surface area is 148 Å². The van der Waals surface area contributed by atoms with Gasteiger partial charge in [-0.25, -0.2) is 9.59 Å². The number of benzene rings is 1.